The van der Waals surface area contributed by atoms with Gasteiger partial charge in [0, 0.05) is 22.3 Å². The number of hydrogen-bond donors (Lipinski definition) is 0. The molecule has 0 saturated heterocycles. The first-order valence-electron chi connectivity index (χ1n) is 6.16. The highest BCUT2D eigenvalue weighted by Crippen LogP contribution is 2.32. The maximum Gasteiger partial charge on any atom is 0.192 e. The highest BCUT2D eigenvalue weighted by atomic mass is 35.5. The normalized spacial score (nSPS) is 10.4. The van der Waals surface area contributed by atoms with Gasteiger partial charge in [-0.2, -0.15) is 10.5 Å². The monoisotopic (exact) mass is 324 g/mol. The Hall–Kier alpha value is -2.60. The average molecular weight is 325 g/mol. The van der Waals surface area contributed by atoms with E-state index in [2.05, 4.69) is 9.97 Å². The molecule has 0 fully saturated rings. The second-order valence-corrected chi connectivity index (χ2v) is 5.42. The van der Waals surface area contributed by atoms with Crippen molar-refractivity contribution in [3.8, 4) is 12.1 Å². The number of halogens is 1. The topological polar surface area (TPSA) is 73.4 Å². The van der Waals surface area contributed by atoms with E-state index in [1.54, 1.807) is 36.7 Å². The van der Waals surface area contributed by atoms with E-state index in [9.17, 15) is 0 Å². The summed E-state index contributed by atoms with van der Waals surface area (Å²) in [4.78, 5) is 9.14. The Labute approximate surface area is 137 Å². The van der Waals surface area contributed by atoms with Gasteiger partial charge >= 0.3 is 0 Å². The number of hydrogen-bond acceptors (Lipinski definition) is 5. The predicted octanol–water partition coefficient (Wildman–Crippen LogP) is 4.24. The van der Waals surface area contributed by atoms with E-state index in [0.29, 0.717) is 10.2 Å². The lowest BCUT2D eigenvalue weighted by Gasteiger charge is -2.05. The Morgan fingerprint density at radius 1 is 1.05 bits per heavy atom. The van der Waals surface area contributed by atoms with Gasteiger partial charge in [0.2, 0.25) is 0 Å². The molecular weight excluding hydrogens is 316 g/mol. The van der Waals surface area contributed by atoms with Gasteiger partial charge in [-0.25, -0.2) is 9.97 Å². The first-order valence-corrected chi connectivity index (χ1v) is 7.35. The summed E-state index contributed by atoms with van der Waals surface area (Å²) in [6.07, 6.45) is 6.48. The lowest BCUT2D eigenvalue weighted by molar-refractivity contribution is 0.972. The molecule has 1 aromatic carbocycles. The quantitative estimate of drug-likeness (QED) is 0.364. The molecule has 0 saturated carbocycles. The Morgan fingerprint density at radius 3 is 2.27 bits per heavy atom. The molecule has 106 valence electrons. The highest BCUT2D eigenvalue weighted by molar-refractivity contribution is 8.08. The summed E-state index contributed by atoms with van der Waals surface area (Å²) in [5, 5.41) is 18.8. The van der Waals surface area contributed by atoms with Gasteiger partial charge < -0.3 is 0 Å². The molecule has 0 amide bonds. The summed E-state index contributed by atoms with van der Waals surface area (Å²) in [7, 11) is 0. The van der Waals surface area contributed by atoms with Gasteiger partial charge in [0.15, 0.2) is 5.16 Å². The van der Waals surface area contributed by atoms with Crippen LogP contribution in [0.15, 0.2) is 65.6 Å². The summed E-state index contributed by atoms with van der Waals surface area (Å²) in [5.74, 6) is 0. The van der Waals surface area contributed by atoms with Crippen LogP contribution in [0, 0.1) is 22.7 Å². The van der Waals surface area contributed by atoms with E-state index in [4.69, 9.17) is 22.1 Å². The van der Waals surface area contributed by atoms with Crippen LogP contribution in [0.25, 0.3) is 4.91 Å². The van der Waals surface area contributed by atoms with Crippen molar-refractivity contribution in [2.45, 2.75) is 5.16 Å². The molecule has 4 nitrogen and oxygen atoms in total. The molecule has 22 heavy (non-hydrogen) atoms. The molecule has 1 heterocycles. The number of rotatable bonds is 4. The van der Waals surface area contributed by atoms with E-state index in [1.165, 1.54) is 17.8 Å². The van der Waals surface area contributed by atoms with E-state index in [0.717, 1.165) is 10.5 Å². The molecule has 0 aliphatic carbocycles. The molecule has 2 rings (SSSR count). The van der Waals surface area contributed by atoms with Crippen molar-refractivity contribution in [3.05, 3.63) is 71.0 Å². The maximum absolute atomic E-state index is 8.82. The minimum Gasteiger partial charge on any atom is -0.231 e. The molecule has 0 radical (unpaired) electrons. The van der Waals surface area contributed by atoms with E-state index < -0.39 is 0 Å². The Kier molecular flexibility index (Phi) is 5.73. The zero-order valence-corrected chi connectivity index (χ0v) is 12.8. The third-order valence-electron chi connectivity index (χ3n) is 2.51. The largest absolute Gasteiger partial charge is 0.231 e. The van der Waals surface area contributed by atoms with Crippen molar-refractivity contribution in [2.75, 3.05) is 0 Å². The van der Waals surface area contributed by atoms with Crippen molar-refractivity contribution in [1.29, 1.82) is 10.5 Å². The molecule has 0 bridgehead atoms. The van der Waals surface area contributed by atoms with Gasteiger partial charge in [-0.1, -0.05) is 23.7 Å². The fourth-order valence-corrected chi connectivity index (χ4v) is 2.44. The molecule has 0 atom stereocenters. The smallest absolute Gasteiger partial charge is 0.192 e. The zero-order valence-electron chi connectivity index (χ0n) is 11.3. The Balaban J connectivity index is 2.39. The van der Waals surface area contributed by atoms with E-state index in [-0.39, 0.29) is 5.57 Å². The van der Waals surface area contributed by atoms with Crippen LogP contribution in [0.4, 0.5) is 0 Å². The third-order valence-corrected chi connectivity index (χ3v) is 3.75. The number of nitriles is 2. The van der Waals surface area contributed by atoms with Crippen LogP contribution < -0.4 is 0 Å². The van der Waals surface area contributed by atoms with Crippen LogP contribution in [0.5, 0.6) is 0 Å². The Morgan fingerprint density at radius 2 is 1.68 bits per heavy atom. The predicted molar refractivity (Wildman–Crippen MR) is 86.6 cm³/mol. The fraction of sp³-hybridized carbons (Fsp3) is 0. The van der Waals surface area contributed by atoms with Crippen molar-refractivity contribution in [3.63, 3.8) is 0 Å². The second-order valence-electron chi connectivity index (χ2n) is 3.98. The molecule has 0 unspecified atom stereocenters. The molecule has 0 spiro atoms. The molecule has 1 aromatic heterocycles. The number of allylic oxidation sites excluding steroid dienone is 3. The van der Waals surface area contributed by atoms with Gasteiger partial charge in [-0.05, 0) is 47.7 Å². The zero-order chi connectivity index (χ0) is 15.8. The van der Waals surface area contributed by atoms with Crippen molar-refractivity contribution < 1.29 is 0 Å². The minimum absolute atomic E-state index is 0.0287. The summed E-state index contributed by atoms with van der Waals surface area (Å²) in [6, 6.07) is 12.6. The van der Waals surface area contributed by atoms with Crippen molar-refractivity contribution >= 4 is 28.3 Å². The highest BCUT2D eigenvalue weighted by Gasteiger charge is 2.06. The van der Waals surface area contributed by atoms with Gasteiger partial charge in [-0.3, -0.25) is 0 Å². The van der Waals surface area contributed by atoms with Crippen LogP contribution in [-0.4, -0.2) is 9.97 Å². The lowest BCUT2D eigenvalue weighted by Crippen LogP contribution is -1.86. The third kappa shape index (κ3) is 4.46. The molecule has 6 heteroatoms. The van der Waals surface area contributed by atoms with Crippen LogP contribution in [-0.2, 0) is 0 Å². The first kappa shape index (κ1) is 15.8. The van der Waals surface area contributed by atoms with Crippen LogP contribution in [0.1, 0.15) is 5.56 Å². The lowest BCUT2D eigenvalue weighted by atomic mass is 10.2. The number of benzene rings is 1. The minimum atomic E-state index is 0.0287. The van der Waals surface area contributed by atoms with Crippen LogP contribution in [0.3, 0.4) is 0 Å². The van der Waals surface area contributed by atoms with Crippen LogP contribution in [0.2, 0.25) is 5.02 Å². The standard InChI is InChI=1S/C16H9ClN4S/c17-14-5-3-13(4-6-14)15(7-2-12(10-18)11-19)22-16-20-8-1-9-21-16/h1-9H/b15-7+. The second kappa shape index (κ2) is 7.99. The van der Waals surface area contributed by atoms with Gasteiger partial charge in [0.1, 0.15) is 17.7 Å². The Bertz CT molecular complexity index is 768. The number of thioether (sulfide) groups is 1. The van der Waals surface area contributed by atoms with Gasteiger partial charge in [-0.15, -0.1) is 0 Å². The summed E-state index contributed by atoms with van der Waals surface area (Å²) in [6.45, 7) is 0. The summed E-state index contributed by atoms with van der Waals surface area (Å²) in [5.41, 5.74) is 0.925. The van der Waals surface area contributed by atoms with Crippen LogP contribution >= 0.6 is 23.4 Å². The van der Waals surface area contributed by atoms with E-state index in [1.807, 2.05) is 24.3 Å². The fourth-order valence-electron chi connectivity index (χ4n) is 1.50. The first-order chi connectivity index (χ1) is 10.7. The molecule has 2 aromatic rings. The average Bonchev–Trinajstić information content (AvgIpc) is 2.56. The molecule has 0 aliphatic rings. The van der Waals surface area contributed by atoms with Crippen molar-refractivity contribution in [1.82, 2.24) is 9.97 Å². The molecular formula is C16H9ClN4S. The molecule has 0 N–H and O–H groups in total. The molecule has 0 aliphatic heterocycles. The maximum atomic E-state index is 8.82. The van der Waals surface area contributed by atoms with Gasteiger partial charge in [0.25, 0.3) is 0 Å². The van der Waals surface area contributed by atoms with Crippen molar-refractivity contribution in [2.24, 2.45) is 0 Å². The summed E-state index contributed by atoms with van der Waals surface area (Å²) < 4.78 is 0. The number of aromatic nitrogens is 2. The SMILES string of the molecule is N#CC(C#N)=C/C=C(/Sc1ncccn1)c1ccc(Cl)cc1. The van der Waals surface area contributed by atoms with Gasteiger partial charge in [0.05, 0.1) is 0 Å². The van der Waals surface area contributed by atoms with E-state index >= 15 is 0 Å². The number of nitrogens with zero attached hydrogens (tertiary/aromatic N) is 4. The summed E-state index contributed by atoms with van der Waals surface area (Å²) >= 11 is 7.24.